The largest absolute Gasteiger partial charge is 0.363 e. The smallest absolute Gasteiger partial charge is 0.107 e. The van der Waals surface area contributed by atoms with Crippen molar-refractivity contribution < 1.29 is 4.74 Å². The number of hydrogen-bond donors (Lipinski definition) is 0. The highest BCUT2D eigenvalue weighted by molar-refractivity contribution is 4.48. The highest BCUT2D eigenvalue weighted by Crippen LogP contribution is 2.08. The molecule has 1 unspecified atom stereocenters. The Morgan fingerprint density at radius 2 is 1.38 bits per heavy atom. The monoisotopic (exact) mass is 229 g/mol. The zero-order valence-electron chi connectivity index (χ0n) is 11.8. The number of unbranched alkanes of at least 4 members (excludes halogenated alkanes) is 7. The molecule has 0 N–H and O–H groups in total. The zero-order chi connectivity index (χ0) is 12.2. The van der Waals surface area contributed by atoms with Crippen LogP contribution in [-0.2, 0) is 4.74 Å². The Kier molecular flexibility index (Phi) is 11.3. The van der Waals surface area contributed by atoms with Gasteiger partial charge in [-0.05, 0) is 27.4 Å². The molecule has 0 saturated heterocycles. The van der Waals surface area contributed by atoms with Crippen LogP contribution in [0.25, 0.3) is 0 Å². The molecule has 16 heavy (non-hydrogen) atoms. The molecular formula is C14H31NO. The Morgan fingerprint density at radius 3 is 1.88 bits per heavy atom. The van der Waals surface area contributed by atoms with Crippen molar-refractivity contribution in [3.05, 3.63) is 0 Å². The highest BCUT2D eigenvalue weighted by atomic mass is 16.5. The molecule has 1 atom stereocenters. The maximum atomic E-state index is 5.67. The minimum Gasteiger partial charge on any atom is -0.363 e. The molecule has 0 aromatic carbocycles. The van der Waals surface area contributed by atoms with Gasteiger partial charge in [-0.2, -0.15) is 0 Å². The van der Waals surface area contributed by atoms with Gasteiger partial charge in [0.05, 0.1) is 0 Å². The van der Waals surface area contributed by atoms with Gasteiger partial charge in [-0.15, -0.1) is 0 Å². The predicted molar refractivity (Wildman–Crippen MR) is 71.7 cm³/mol. The maximum absolute atomic E-state index is 5.67. The lowest BCUT2D eigenvalue weighted by Crippen LogP contribution is -2.27. The van der Waals surface area contributed by atoms with Crippen molar-refractivity contribution in [2.24, 2.45) is 0 Å². The first-order chi connectivity index (χ1) is 7.68. The van der Waals surface area contributed by atoms with Crippen molar-refractivity contribution >= 4 is 0 Å². The molecule has 2 heteroatoms. The molecule has 0 aliphatic carbocycles. The molecular weight excluding hydrogens is 198 g/mol. The van der Waals surface area contributed by atoms with E-state index in [4.69, 9.17) is 4.74 Å². The van der Waals surface area contributed by atoms with Crippen molar-refractivity contribution in [3.63, 3.8) is 0 Å². The van der Waals surface area contributed by atoms with Crippen LogP contribution in [0.15, 0.2) is 0 Å². The number of nitrogens with zero attached hydrogens (tertiary/aromatic N) is 1. The fraction of sp³-hybridized carbons (Fsp3) is 1.00. The van der Waals surface area contributed by atoms with Crippen molar-refractivity contribution in [2.45, 2.75) is 71.4 Å². The molecule has 98 valence electrons. The van der Waals surface area contributed by atoms with E-state index in [1.54, 1.807) is 0 Å². The van der Waals surface area contributed by atoms with Gasteiger partial charge in [-0.25, -0.2) is 0 Å². The zero-order valence-corrected chi connectivity index (χ0v) is 11.8. The minimum absolute atomic E-state index is 0.254. The van der Waals surface area contributed by atoms with E-state index in [0.29, 0.717) is 0 Å². The normalized spacial score (nSPS) is 13.3. The Balaban J connectivity index is 3.04. The third kappa shape index (κ3) is 10.4. The van der Waals surface area contributed by atoms with Crippen LogP contribution >= 0.6 is 0 Å². The van der Waals surface area contributed by atoms with Gasteiger partial charge in [0.2, 0.25) is 0 Å². The van der Waals surface area contributed by atoms with Gasteiger partial charge in [-0.3, -0.25) is 4.90 Å². The lowest BCUT2D eigenvalue weighted by molar-refractivity contribution is -0.0241. The van der Waals surface area contributed by atoms with Gasteiger partial charge in [0.1, 0.15) is 6.23 Å². The van der Waals surface area contributed by atoms with Crippen LogP contribution in [0.5, 0.6) is 0 Å². The lowest BCUT2D eigenvalue weighted by Gasteiger charge is -2.19. The van der Waals surface area contributed by atoms with E-state index in [0.717, 1.165) is 6.61 Å². The second-order valence-corrected chi connectivity index (χ2v) is 4.91. The molecule has 0 amide bonds. The summed E-state index contributed by atoms with van der Waals surface area (Å²) in [5.74, 6) is 0. The van der Waals surface area contributed by atoms with E-state index < -0.39 is 0 Å². The van der Waals surface area contributed by atoms with E-state index in [2.05, 4.69) is 32.8 Å². The van der Waals surface area contributed by atoms with Crippen molar-refractivity contribution in [3.8, 4) is 0 Å². The SMILES string of the molecule is CCCCCCCCCCOC(C)N(C)C. The summed E-state index contributed by atoms with van der Waals surface area (Å²) in [6.45, 7) is 5.28. The number of hydrogen-bond acceptors (Lipinski definition) is 2. The second kappa shape index (κ2) is 11.4. The summed E-state index contributed by atoms with van der Waals surface area (Å²) in [7, 11) is 4.11. The minimum atomic E-state index is 0.254. The van der Waals surface area contributed by atoms with E-state index in [-0.39, 0.29) is 6.23 Å². The lowest BCUT2D eigenvalue weighted by atomic mass is 10.1. The van der Waals surface area contributed by atoms with Crippen LogP contribution in [0.2, 0.25) is 0 Å². The molecule has 0 saturated carbocycles. The summed E-state index contributed by atoms with van der Waals surface area (Å²) in [6, 6.07) is 0. The quantitative estimate of drug-likeness (QED) is 0.391. The topological polar surface area (TPSA) is 12.5 Å². The molecule has 0 rings (SSSR count). The molecule has 0 radical (unpaired) electrons. The summed E-state index contributed by atoms with van der Waals surface area (Å²) in [6.07, 6.45) is 11.2. The van der Waals surface area contributed by atoms with Crippen LogP contribution in [0.3, 0.4) is 0 Å². The number of ether oxygens (including phenoxy) is 1. The Labute approximate surface area is 102 Å². The highest BCUT2D eigenvalue weighted by Gasteiger charge is 2.02. The molecule has 0 heterocycles. The molecule has 0 aliphatic heterocycles. The van der Waals surface area contributed by atoms with Gasteiger partial charge >= 0.3 is 0 Å². The van der Waals surface area contributed by atoms with E-state index in [1.807, 2.05) is 0 Å². The van der Waals surface area contributed by atoms with Gasteiger partial charge < -0.3 is 4.74 Å². The van der Waals surface area contributed by atoms with Crippen molar-refractivity contribution in [1.82, 2.24) is 4.90 Å². The van der Waals surface area contributed by atoms with Crippen molar-refractivity contribution in [1.29, 1.82) is 0 Å². The second-order valence-electron chi connectivity index (χ2n) is 4.91. The molecule has 0 fully saturated rings. The summed E-state index contributed by atoms with van der Waals surface area (Å²) in [5.41, 5.74) is 0. The van der Waals surface area contributed by atoms with Gasteiger partial charge in [-0.1, -0.05) is 51.9 Å². The number of rotatable bonds is 11. The standard InChI is InChI=1S/C14H31NO/c1-5-6-7-8-9-10-11-12-13-16-14(2)15(3)4/h14H,5-13H2,1-4H3. The van der Waals surface area contributed by atoms with Crippen molar-refractivity contribution in [2.75, 3.05) is 20.7 Å². The van der Waals surface area contributed by atoms with Gasteiger partial charge in [0.15, 0.2) is 0 Å². The summed E-state index contributed by atoms with van der Waals surface area (Å²) in [4.78, 5) is 2.10. The third-order valence-electron chi connectivity index (χ3n) is 3.08. The first-order valence-corrected chi connectivity index (χ1v) is 6.96. The summed E-state index contributed by atoms with van der Waals surface area (Å²) < 4.78 is 5.67. The Morgan fingerprint density at radius 1 is 0.875 bits per heavy atom. The first-order valence-electron chi connectivity index (χ1n) is 6.96. The van der Waals surface area contributed by atoms with Crippen LogP contribution < -0.4 is 0 Å². The Bertz CT molecular complexity index is 137. The summed E-state index contributed by atoms with van der Waals surface area (Å²) in [5, 5.41) is 0. The molecule has 2 nitrogen and oxygen atoms in total. The predicted octanol–water partition coefficient (Wildman–Crippen LogP) is 4.05. The molecule has 0 aliphatic rings. The molecule has 0 aromatic rings. The van der Waals surface area contributed by atoms with E-state index in [9.17, 15) is 0 Å². The van der Waals surface area contributed by atoms with Crippen LogP contribution in [-0.4, -0.2) is 31.8 Å². The summed E-state index contributed by atoms with van der Waals surface area (Å²) >= 11 is 0. The van der Waals surface area contributed by atoms with Crippen LogP contribution in [0.1, 0.15) is 65.2 Å². The third-order valence-corrected chi connectivity index (χ3v) is 3.08. The first kappa shape index (κ1) is 15.9. The Hall–Kier alpha value is -0.0800. The van der Waals surface area contributed by atoms with Crippen LogP contribution in [0, 0.1) is 0 Å². The average molecular weight is 229 g/mol. The van der Waals surface area contributed by atoms with E-state index in [1.165, 1.54) is 51.4 Å². The molecule has 0 bridgehead atoms. The molecule has 0 aromatic heterocycles. The fourth-order valence-electron chi connectivity index (χ4n) is 1.64. The average Bonchev–Trinajstić information content (AvgIpc) is 2.26. The molecule has 0 spiro atoms. The van der Waals surface area contributed by atoms with Gasteiger partial charge in [0, 0.05) is 6.61 Å². The van der Waals surface area contributed by atoms with Gasteiger partial charge in [0.25, 0.3) is 0 Å². The fourth-order valence-corrected chi connectivity index (χ4v) is 1.64. The maximum Gasteiger partial charge on any atom is 0.107 e. The van der Waals surface area contributed by atoms with Crippen LogP contribution in [0.4, 0.5) is 0 Å². The van der Waals surface area contributed by atoms with E-state index >= 15 is 0 Å².